The van der Waals surface area contributed by atoms with E-state index < -0.39 is 6.61 Å². The summed E-state index contributed by atoms with van der Waals surface area (Å²) in [4.78, 5) is 10.8. The first kappa shape index (κ1) is 12.7. The molecule has 88 valence electrons. The van der Waals surface area contributed by atoms with Crippen molar-refractivity contribution in [3.05, 3.63) is 29.8 Å². The Labute approximate surface area is 96.4 Å². The zero-order valence-electron chi connectivity index (χ0n) is 8.25. The molecule has 0 spiro atoms. The molecule has 0 saturated heterocycles. The van der Waals surface area contributed by atoms with E-state index in [1.807, 2.05) is 0 Å². The maximum atomic E-state index is 11.8. The number of ether oxygens (including phenoxy) is 1. The SMILES string of the molecule is O=C(CCl)NCc1ccc(OC(F)F)cc1. The molecule has 0 bridgehead atoms. The zero-order chi connectivity index (χ0) is 12.0. The smallest absolute Gasteiger partial charge is 0.387 e. The number of amides is 1. The number of rotatable bonds is 5. The lowest BCUT2D eigenvalue weighted by molar-refractivity contribution is -0.118. The third-order valence-corrected chi connectivity index (χ3v) is 2.00. The Bertz CT molecular complexity index is 343. The monoisotopic (exact) mass is 249 g/mol. The molecule has 16 heavy (non-hydrogen) atoms. The summed E-state index contributed by atoms with van der Waals surface area (Å²) in [6, 6.07) is 6.00. The molecule has 1 aromatic rings. The third-order valence-electron chi connectivity index (χ3n) is 1.76. The summed E-state index contributed by atoms with van der Waals surface area (Å²) in [6.07, 6.45) is 0. The molecule has 1 amide bonds. The lowest BCUT2D eigenvalue weighted by atomic mass is 10.2. The van der Waals surface area contributed by atoms with Crippen LogP contribution in [-0.2, 0) is 11.3 Å². The van der Waals surface area contributed by atoms with Crippen molar-refractivity contribution in [1.29, 1.82) is 0 Å². The van der Waals surface area contributed by atoms with Gasteiger partial charge in [0.2, 0.25) is 5.91 Å². The van der Waals surface area contributed by atoms with E-state index in [4.69, 9.17) is 11.6 Å². The van der Waals surface area contributed by atoms with E-state index >= 15 is 0 Å². The van der Waals surface area contributed by atoms with Gasteiger partial charge < -0.3 is 10.1 Å². The number of alkyl halides is 3. The molecular formula is C10H10ClF2NO2. The summed E-state index contributed by atoms with van der Waals surface area (Å²) in [7, 11) is 0. The van der Waals surface area contributed by atoms with Crippen molar-refractivity contribution in [1.82, 2.24) is 5.32 Å². The molecule has 1 N–H and O–H groups in total. The fourth-order valence-electron chi connectivity index (χ4n) is 1.04. The van der Waals surface area contributed by atoms with Crippen LogP contribution in [0.2, 0.25) is 0 Å². The molecule has 0 radical (unpaired) electrons. The van der Waals surface area contributed by atoms with Gasteiger partial charge in [-0.3, -0.25) is 4.79 Å². The summed E-state index contributed by atoms with van der Waals surface area (Å²) in [5, 5.41) is 2.55. The normalized spacial score (nSPS) is 10.2. The summed E-state index contributed by atoms with van der Waals surface area (Å²) in [6.45, 7) is -2.53. The molecule has 1 aromatic carbocycles. The first-order valence-electron chi connectivity index (χ1n) is 4.48. The van der Waals surface area contributed by atoms with Crippen LogP contribution in [-0.4, -0.2) is 18.4 Å². The van der Waals surface area contributed by atoms with Crippen molar-refractivity contribution >= 4 is 17.5 Å². The second-order valence-corrected chi connectivity index (χ2v) is 3.20. The minimum Gasteiger partial charge on any atom is -0.435 e. The highest BCUT2D eigenvalue weighted by molar-refractivity contribution is 6.27. The van der Waals surface area contributed by atoms with E-state index in [0.29, 0.717) is 6.54 Å². The predicted molar refractivity (Wildman–Crippen MR) is 55.6 cm³/mol. The number of carbonyl (C=O) groups excluding carboxylic acids is 1. The van der Waals surface area contributed by atoms with Gasteiger partial charge in [0.25, 0.3) is 0 Å². The van der Waals surface area contributed by atoms with Crippen LogP contribution in [0.1, 0.15) is 5.56 Å². The van der Waals surface area contributed by atoms with Crippen LogP contribution in [0.5, 0.6) is 5.75 Å². The van der Waals surface area contributed by atoms with Crippen molar-refractivity contribution in [3.63, 3.8) is 0 Å². The van der Waals surface area contributed by atoms with E-state index in [-0.39, 0.29) is 17.5 Å². The van der Waals surface area contributed by atoms with Crippen LogP contribution in [0, 0.1) is 0 Å². The highest BCUT2D eigenvalue weighted by Crippen LogP contribution is 2.14. The summed E-state index contributed by atoms with van der Waals surface area (Å²) in [5.41, 5.74) is 0.778. The van der Waals surface area contributed by atoms with Crippen LogP contribution in [0.25, 0.3) is 0 Å². The summed E-state index contributed by atoms with van der Waals surface area (Å²) < 4.78 is 27.8. The van der Waals surface area contributed by atoms with Gasteiger partial charge in [0.1, 0.15) is 11.6 Å². The van der Waals surface area contributed by atoms with E-state index in [1.165, 1.54) is 12.1 Å². The summed E-state index contributed by atoms with van der Waals surface area (Å²) >= 11 is 5.29. The van der Waals surface area contributed by atoms with Gasteiger partial charge in [-0.25, -0.2) is 0 Å². The molecule has 0 aliphatic carbocycles. The van der Waals surface area contributed by atoms with E-state index in [9.17, 15) is 13.6 Å². The van der Waals surface area contributed by atoms with Crippen molar-refractivity contribution in [2.24, 2.45) is 0 Å². The number of hydrogen-bond donors (Lipinski definition) is 1. The molecule has 0 fully saturated rings. The highest BCUT2D eigenvalue weighted by atomic mass is 35.5. The average molecular weight is 250 g/mol. The average Bonchev–Trinajstić information content (AvgIpc) is 2.27. The molecule has 0 aromatic heterocycles. The molecule has 0 unspecified atom stereocenters. The number of hydrogen-bond acceptors (Lipinski definition) is 2. The van der Waals surface area contributed by atoms with Gasteiger partial charge in [-0.1, -0.05) is 12.1 Å². The number of benzene rings is 1. The topological polar surface area (TPSA) is 38.3 Å². The quantitative estimate of drug-likeness (QED) is 0.812. The van der Waals surface area contributed by atoms with Crippen molar-refractivity contribution in [3.8, 4) is 5.75 Å². The third kappa shape index (κ3) is 4.44. The molecule has 0 atom stereocenters. The van der Waals surface area contributed by atoms with Crippen LogP contribution < -0.4 is 10.1 Å². The van der Waals surface area contributed by atoms with Crippen molar-refractivity contribution in [2.45, 2.75) is 13.2 Å². The molecule has 3 nitrogen and oxygen atoms in total. The first-order valence-corrected chi connectivity index (χ1v) is 5.01. The Morgan fingerprint density at radius 1 is 1.38 bits per heavy atom. The number of carbonyl (C=O) groups is 1. The Kier molecular flexibility index (Phi) is 4.98. The first-order chi connectivity index (χ1) is 7.61. The predicted octanol–water partition coefficient (Wildman–Crippen LogP) is 2.14. The fourth-order valence-corrected chi connectivity index (χ4v) is 1.13. The Morgan fingerprint density at radius 2 is 2.00 bits per heavy atom. The Balaban J connectivity index is 2.48. The molecule has 6 heteroatoms. The Morgan fingerprint density at radius 3 is 2.50 bits per heavy atom. The molecule has 1 rings (SSSR count). The fraction of sp³-hybridized carbons (Fsp3) is 0.300. The van der Waals surface area contributed by atoms with E-state index in [0.717, 1.165) is 5.56 Å². The maximum Gasteiger partial charge on any atom is 0.387 e. The van der Waals surface area contributed by atoms with Gasteiger partial charge >= 0.3 is 6.61 Å². The maximum absolute atomic E-state index is 11.8. The minimum absolute atomic E-state index is 0.0856. The second kappa shape index (κ2) is 6.27. The van der Waals surface area contributed by atoms with E-state index in [2.05, 4.69) is 10.1 Å². The standard InChI is InChI=1S/C10H10ClF2NO2/c11-5-9(15)14-6-7-1-3-8(4-2-7)16-10(12)13/h1-4,10H,5-6H2,(H,14,15). The largest absolute Gasteiger partial charge is 0.435 e. The van der Waals surface area contributed by atoms with Crippen LogP contribution in [0.15, 0.2) is 24.3 Å². The van der Waals surface area contributed by atoms with E-state index in [1.54, 1.807) is 12.1 Å². The molecule has 0 aliphatic rings. The minimum atomic E-state index is -2.83. The second-order valence-electron chi connectivity index (χ2n) is 2.93. The highest BCUT2D eigenvalue weighted by Gasteiger charge is 2.04. The van der Waals surface area contributed by atoms with Crippen LogP contribution in [0.3, 0.4) is 0 Å². The molecule has 0 aliphatic heterocycles. The summed E-state index contributed by atoms with van der Waals surface area (Å²) in [5.74, 6) is -0.302. The lowest BCUT2D eigenvalue weighted by Gasteiger charge is -2.06. The van der Waals surface area contributed by atoms with Gasteiger partial charge in [0.15, 0.2) is 0 Å². The van der Waals surface area contributed by atoms with Gasteiger partial charge in [-0.05, 0) is 17.7 Å². The molecular weight excluding hydrogens is 240 g/mol. The Hall–Kier alpha value is -1.36. The molecule has 0 heterocycles. The van der Waals surface area contributed by atoms with Gasteiger partial charge in [0, 0.05) is 6.54 Å². The van der Waals surface area contributed by atoms with Crippen molar-refractivity contribution in [2.75, 3.05) is 5.88 Å². The van der Waals surface area contributed by atoms with Gasteiger partial charge in [-0.15, -0.1) is 11.6 Å². The van der Waals surface area contributed by atoms with Gasteiger partial charge in [-0.2, -0.15) is 8.78 Å². The zero-order valence-corrected chi connectivity index (χ0v) is 9.01. The van der Waals surface area contributed by atoms with Gasteiger partial charge in [0.05, 0.1) is 0 Å². The number of nitrogens with one attached hydrogen (secondary N) is 1. The molecule has 0 saturated carbocycles. The number of halogens is 3. The van der Waals surface area contributed by atoms with Crippen molar-refractivity contribution < 1.29 is 18.3 Å². The van der Waals surface area contributed by atoms with Crippen LogP contribution in [0.4, 0.5) is 8.78 Å². The lowest BCUT2D eigenvalue weighted by Crippen LogP contribution is -2.23. The van der Waals surface area contributed by atoms with Crippen LogP contribution >= 0.6 is 11.6 Å².